The van der Waals surface area contributed by atoms with Crippen LogP contribution in [0.15, 0.2) is 22.7 Å². The van der Waals surface area contributed by atoms with Gasteiger partial charge in [0.15, 0.2) is 0 Å². The molecule has 0 saturated heterocycles. The SMILES string of the molecule is Cc1cc(Br)cc(C(=O)NC2(CO)CCCC2)c1. The van der Waals surface area contributed by atoms with Gasteiger partial charge >= 0.3 is 0 Å². The fourth-order valence-electron chi connectivity index (χ4n) is 2.55. The molecule has 0 aliphatic heterocycles. The van der Waals surface area contributed by atoms with Crippen LogP contribution in [0.25, 0.3) is 0 Å². The quantitative estimate of drug-likeness (QED) is 0.902. The molecule has 2 N–H and O–H groups in total. The molecule has 0 unspecified atom stereocenters. The smallest absolute Gasteiger partial charge is 0.251 e. The van der Waals surface area contributed by atoms with Gasteiger partial charge in [-0.2, -0.15) is 0 Å². The van der Waals surface area contributed by atoms with Gasteiger partial charge in [-0.1, -0.05) is 28.8 Å². The van der Waals surface area contributed by atoms with E-state index >= 15 is 0 Å². The number of aliphatic hydroxyl groups excluding tert-OH is 1. The Hall–Kier alpha value is -0.870. The molecule has 0 aromatic heterocycles. The van der Waals surface area contributed by atoms with E-state index in [9.17, 15) is 9.90 Å². The summed E-state index contributed by atoms with van der Waals surface area (Å²) in [6.45, 7) is 1.98. The molecule has 1 aromatic rings. The minimum Gasteiger partial charge on any atom is -0.394 e. The third-order valence-corrected chi connectivity index (χ3v) is 4.00. The van der Waals surface area contributed by atoms with E-state index in [0.717, 1.165) is 35.7 Å². The van der Waals surface area contributed by atoms with E-state index in [-0.39, 0.29) is 12.5 Å². The zero-order valence-corrected chi connectivity index (χ0v) is 12.1. The van der Waals surface area contributed by atoms with Crippen molar-refractivity contribution in [2.75, 3.05) is 6.61 Å². The predicted molar refractivity (Wildman–Crippen MR) is 74.6 cm³/mol. The Bertz CT molecular complexity index is 433. The molecule has 2 rings (SSSR count). The molecule has 1 saturated carbocycles. The Labute approximate surface area is 116 Å². The van der Waals surface area contributed by atoms with Gasteiger partial charge < -0.3 is 10.4 Å². The molecule has 1 fully saturated rings. The Morgan fingerprint density at radius 3 is 2.61 bits per heavy atom. The third-order valence-electron chi connectivity index (χ3n) is 3.55. The molecule has 1 aliphatic rings. The summed E-state index contributed by atoms with van der Waals surface area (Å²) in [4.78, 5) is 12.2. The van der Waals surface area contributed by atoms with Crippen LogP contribution in [0.4, 0.5) is 0 Å². The normalized spacial score (nSPS) is 17.7. The highest BCUT2D eigenvalue weighted by Crippen LogP contribution is 2.29. The number of hydrogen-bond donors (Lipinski definition) is 2. The first-order valence-electron chi connectivity index (χ1n) is 6.25. The van der Waals surface area contributed by atoms with Crippen LogP contribution in [0.2, 0.25) is 0 Å². The van der Waals surface area contributed by atoms with Crippen LogP contribution in [-0.4, -0.2) is 23.2 Å². The highest BCUT2D eigenvalue weighted by atomic mass is 79.9. The fraction of sp³-hybridized carbons (Fsp3) is 0.500. The summed E-state index contributed by atoms with van der Waals surface area (Å²) in [7, 11) is 0. The van der Waals surface area contributed by atoms with Crippen LogP contribution < -0.4 is 5.32 Å². The third kappa shape index (κ3) is 2.93. The second-order valence-corrected chi connectivity index (χ2v) is 6.03. The molecule has 98 valence electrons. The summed E-state index contributed by atoms with van der Waals surface area (Å²) in [5.41, 5.74) is 1.27. The first kappa shape index (κ1) is 13.6. The average Bonchev–Trinajstić information content (AvgIpc) is 2.77. The van der Waals surface area contributed by atoms with Crippen molar-refractivity contribution < 1.29 is 9.90 Å². The van der Waals surface area contributed by atoms with Gasteiger partial charge in [-0.05, 0) is 43.5 Å². The Morgan fingerprint density at radius 2 is 2.06 bits per heavy atom. The lowest BCUT2D eigenvalue weighted by atomic mass is 9.98. The standard InChI is InChI=1S/C14H18BrNO2/c1-10-6-11(8-12(15)7-10)13(18)16-14(9-17)4-2-3-5-14/h6-8,17H,2-5,9H2,1H3,(H,16,18). The molecule has 18 heavy (non-hydrogen) atoms. The first-order chi connectivity index (χ1) is 8.54. The maximum absolute atomic E-state index is 12.2. The van der Waals surface area contributed by atoms with Crippen molar-refractivity contribution in [2.24, 2.45) is 0 Å². The molecule has 0 bridgehead atoms. The largest absolute Gasteiger partial charge is 0.394 e. The van der Waals surface area contributed by atoms with Crippen molar-refractivity contribution in [2.45, 2.75) is 38.1 Å². The molecular weight excluding hydrogens is 294 g/mol. The van der Waals surface area contributed by atoms with Crippen molar-refractivity contribution in [3.05, 3.63) is 33.8 Å². The van der Waals surface area contributed by atoms with Crippen molar-refractivity contribution in [3.63, 3.8) is 0 Å². The molecule has 0 spiro atoms. The minimum atomic E-state index is -0.409. The molecule has 3 nitrogen and oxygen atoms in total. The van der Waals surface area contributed by atoms with Crippen molar-refractivity contribution in [3.8, 4) is 0 Å². The molecule has 0 heterocycles. The summed E-state index contributed by atoms with van der Waals surface area (Å²) >= 11 is 3.40. The van der Waals surface area contributed by atoms with E-state index in [1.807, 2.05) is 25.1 Å². The van der Waals surface area contributed by atoms with Gasteiger partial charge in [0.2, 0.25) is 0 Å². The van der Waals surface area contributed by atoms with Gasteiger partial charge in [-0.15, -0.1) is 0 Å². The average molecular weight is 312 g/mol. The van der Waals surface area contributed by atoms with Crippen LogP contribution >= 0.6 is 15.9 Å². The number of nitrogens with one attached hydrogen (secondary N) is 1. The Kier molecular flexibility index (Phi) is 4.07. The van der Waals surface area contributed by atoms with Gasteiger partial charge in [0.05, 0.1) is 12.1 Å². The van der Waals surface area contributed by atoms with Crippen LogP contribution in [0.1, 0.15) is 41.6 Å². The van der Waals surface area contributed by atoms with Gasteiger partial charge in [0.25, 0.3) is 5.91 Å². The van der Waals surface area contributed by atoms with E-state index in [4.69, 9.17) is 0 Å². The molecule has 0 atom stereocenters. The van der Waals surface area contributed by atoms with E-state index in [1.54, 1.807) is 0 Å². The lowest BCUT2D eigenvalue weighted by Gasteiger charge is -2.28. The molecule has 4 heteroatoms. The van der Waals surface area contributed by atoms with E-state index in [0.29, 0.717) is 5.56 Å². The number of hydrogen-bond acceptors (Lipinski definition) is 2. The summed E-state index contributed by atoms with van der Waals surface area (Å²) in [6, 6.07) is 5.64. The maximum atomic E-state index is 12.2. The highest BCUT2D eigenvalue weighted by Gasteiger charge is 2.34. The monoisotopic (exact) mass is 311 g/mol. The van der Waals surface area contributed by atoms with Crippen LogP contribution in [-0.2, 0) is 0 Å². The Morgan fingerprint density at radius 1 is 1.39 bits per heavy atom. The number of carbonyl (C=O) groups excluding carboxylic acids is 1. The lowest BCUT2D eigenvalue weighted by Crippen LogP contribution is -2.49. The van der Waals surface area contributed by atoms with Crippen LogP contribution in [0.5, 0.6) is 0 Å². The number of carbonyl (C=O) groups is 1. The lowest BCUT2D eigenvalue weighted by molar-refractivity contribution is 0.0838. The second kappa shape index (κ2) is 5.41. The predicted octanol–water partition coefficient (Wildman–Crippen LogP) is 2.79. The van der Waals surface area contributed by atoms with Gasteiger partial charge in [-0.3, -0.25) is 4.79 Å². The van der Waals surface area contributed by atoms with Crippen LogP contribution in [0, 0.1) is 6.92 Å². The molecule has 1 aliphatic carbocycles. The van der Waals surface area contributed by atoms with E-state index in [2.05, 4.69) is 21.2 Å². The first-order valence-corrected chi connectivity index (χ1v) is 7.05. The maximum Gasteiger partial charge on any atom is 0.251 e. The van der Waals surface area contributed by atoms with Crippen molar-refractivity contribution in [1.29, 1.82) is 0 Å². The number of rotatable bonds is 3. The zero-order chi connectivity index (χ0) is 13.2. The summed E-state index contributed by atoms with van der Waals surface area (Å²) < 4.78 is 0.900. The fourth-order valence-corrected chi connectivity index (χ4v) is 3.16. The Balaban J connectivity index is 2.16. The number of benzene rings is 1. The summed E-state index contributed by atoms with van der Waals surface area (Å²) in [5.74, 6) is -0.102. The minimum absolute atomic E-state index is 0.0196. The number of aryl methyl sites for hydroxylation is 1. The highest BCUT2D eigenvalue weighted by molar-refractivity contribution is 9.10. The molecule has 1 aromatic carbocycles. The number of amides is 1. The second-order valence-electron chi connectivity index (χ2n) is 5.12. The molecule has 1 amide bonds. The van der Waals surface area contributed by atoms with Gasteiger partial charge in [-0.25, -0.2) is 0 Å². The van der Waals surface area contributed by atoms with Gasteiger partial charge in [0, 0.05) is 10.0 Å². The number of aliphatic hydroxyl groups is 1. The zero-order valence-electron chi connectivity index (χ0n) is 10.5. The van der Waals surface area contributed by atoms with Crippen molar-refractivity contribution in [1.82, 2.24) is 5.32 Å². The van der Waals surface area contributed by atoms with Crippen molar-refractivity contribution >= 4 is 21.8 Å². The van der Waals surface area contributed by atoms with E-state index in [1.165, 1.54) is 0 Å². The summed E-state index contributed by atoms with van der Waals surface area (Å²) in [6.07, 6.45) is 3.86. The van der Waals surface area contributed by atoms with Gasteiger partial charge in [0.1, 0.15) is 0 Å². The number of halogens is 1. The summed E-state index contributed by atoms with van der Waals surface area (Å²) in [5, 5.41) is 12.5. The topological polar surface area (TPSA) is 49.3 Å². The van der Waals surface area contributed by atoms with E-state index < -0.39 is 5.54 Å². The molecule has 0 radical (unpaired) electrons. The molecular formula is C14H18BrNO2. The van der Waals surface area contributed by atoms with Crippen LogP contribution in [0.3, 0.4) is 0 Å².